The lowest BCUT2D eigenvalue weighted by Crippen LogP contribution is -2.39. The lowest BCUT2D eigenvalue weighted by Gasteiger charge is -2.41. The van der Waals surface area contributed by atoms with Gasteiger partial charge in [-0.1, -0.05) is 25.2 Å². The van der Waals surface area contributed by atoms with Gasteiger partial charge in [0.2, 0.25) is 0 Å². The molecule has 6 atom stereocenters. The lowest BCUT2D eigenvalue weighted by atomic mass is 9.66. The first kappa shape index (κ1) is 17.2. The number of aliphatic hydroxyl groups excluding tert-OH is 1. The standard InChI is InChI=1S/C19H26O5/c1-12-5-6-13-3-2-4-17(23-11-20)19(13)16(12)8-7-15-9-14(21)10-18(22)24-15/h3,5-6,11-12,14-17,19,21H,2,4,7-10H2,1H3/t12-,14+,15+,16-,17-,19-/m0/s1. The molecule has 0 aromatic rings. The van der Waals surface area contributed by atoms with Crippen LogP contribution in [0.3, 0.4) is 0 Å². The van der Waals surface area contributed by atoms with Gasteiger partial charge < -0.3 is 14.6 Å². The van der Waals surface area contributed by atoms with Crippen LogP contribution in [-0.2, 0) is 19.1 Å². The fourth-order valence-corrected chi connectivity index (χ4v) is 4.46. The first-order valence-corrected chi connectivity index (χ1v) is 8.93. The maximum atomic E-state index is 11.5. The van der Waals surface area contributed by atoms with Crippen LogP contribution < -0.4 is 0 Å². The average Bonchev–Trinajstić information content (AvgIpc) is 2.54. The van der Waals surface area contributed by atoms with Crippen LogP contribution in [0.5, 0.6) is 0 Å². The van der Waals surface area contributed by atoms with Crippen molar-refractivity contribution in [2.75, 3.05) is 0 Å². The van der Waals surface area contributed by atoms with E-state index in [1.54, 1.807) is 0 Å². The van der Waals surface area contributed by atoms with Gasteiger partial charge in [0.25, 0.3) is 6.47 Å². The van der Waals surface area contributed by atoms with Crippen LogP contribution >= 0.6 is 0 Å². The Morgan fingerprint density at radius 1 is 1.42 bits per heavy atom. The maximum Gasteiger partial charge on any atom is 0.308 e. The minimum Gasteiger partial charge on any atom is -0.464 e. The SMILES string of the molecule is C[C@H]1C=CC2=CCC[C@H](OC=O)[C@@H]2[C@H]1CC[C@@H]1C[C@@H](O)CC(=O)O1. The first-order valence-electron chi connectivity index (χ1n) is 8.93. The third-order valence-corrected chi connectivity index (χ3v) is 5.63. The molecule has 5 heteroatoms. The Labute approximate surface area is 142 Å². The first-order chi connectivity index (χ1) is 11.6. The normalized spacial score (nSPS) is 38.8. The highest BCUT2D eigenvalue weighted by atomic mass is 16.5. The molecule has 3 aliphatic rings. The van der Waals surface area contributed by atoms with Crippen molar-refractivity contribution in [3.05, 3.63) is 23.8 Å². The van der Waals surface area contributed by atoms with E-state index in [4.69, 9.17) is 9.47 Å². The Morgan fingerprint density at radius 3 is 3.00 bits per heavy atom. The highest BCUT2D eigenvalue weighted by Crippen LogP contribution is 2.43. The lowest BCUT2D eigenvalue weighted by molar-refractivity contribution is -0.161. The Morgan fingerprint density at radius 2 is 2.25 bits per heavy atom. The van der Waals surface area contributed by atoms with Gasteiger partial charge in [-0.25, -0.2) is 0 Å². The average molecular weight is 334 g/mol. The fourth-order valence-electron chi connectivity index (χ4n) is 4.46. The molecule has 0 saturated carbocycles. The molecule has 1 N–H and O–H groups in total. The smallest absolute Gasteiger partial charge is 0.308 e. The van der Waals surface area contributed by atoms with E-state index in [-0.39, 0.29) is 30.5 Å². The molecule has 1 aliphatic heterocycles. The zero-order chi connectivity index (χ0) is 17.1. The number of rotatable bonds is 5. The number of carbonyl (C=O) groups is 2. The second-order valence-electron chi connectivity index (χ2n) is 7.24. The molecule has 132 valence electrons. The summed E-state index contributed by atoms with van der Waals surface area (Å²) in [6, 6.07) is 0. The van der Waals surface area contributed by atoms with E-state index >= 15 is 0 Å². The predicted molar refractivity (Wildman–Crippen MR) is 87.9 cm³/mol. The largest absolute Gasteiger partial charge is 0.464 e. The number of cyclic esters (lactones) is 1. The molecule has 3 rings (SSSR count). The molecule has 0 bridgehead atoms. The molecule has 0 amide bonds. The van der Waals surface area contributed by atoms with Crippen LogP contribution in [-0.4, -0.2) is 35.9 Å². The molecule has 1 heterocycles. The topological polar surface area (TPSA) is 72.8 Å². The van der Waals surface area contributed by atoms with Gasteiger partial charge >= 0.3 is 5.97 Å². The van der Waals surface area contributed by atoms with E-state index < -0.39 is 6.10 Å². The molecule has 0 aromatic carbocycles. The van der Waals surface area contributed by atoms with Gasteiger partial charge in [-0.2, -0.15) is 0 Å². The summed E-state index contributed by atoms with van der Waals surface area (Å²) < 4.78 is 10.8. The van der Waals surface area contributed by atoms with Crippen molar-refractivity contribution in [2.45, 2.75) is 63.8 Å². The zero-order valence-electron chi connectivity index (χ0n) is 14.1. The number of carbonyl (C=O) groups excluding carboxylic acids is 2. The molecule has 1 saturated heterocycles. The molecule has 0 spiro atoms. The van der Waals surface area contributed by atoms with Gasteiger partial charge in [-0.3, -0.25) is 9.59 Å². The quantitative estimate of drug-likeness (QED) is 0.618. The number of hydrogen-bond donors (Lipinski definition) is 1. The summed E-state index contributed by atoms with van der Waals surface area (Å²) in [5, 5.41) is 9.76. The van der Waals surface area contributed by atoms with Gasteiger partial charge in [-0.05, 0) is 43.1 Å². The van der Waals surface area contributed by atoms with Gasteiger partial charge in [-0.15, -0.1) is 0 Å². The van der Waals surface area contributed by atoms with Gasteiger partial charge in [0, 0.05) is 12.3 Å². The summed E-state index contributed by atoms with van der Waals surface area (Å²) in [5.74, 6) is 0.639. The van der Waals surface area contributed by atoms with Crippen LogP contribution in [0.4, 0.5) is 0 Å². The van der Waals surface area contributed by atoms with Gasteiger partial charge in [0.15, 0.2) is 0 Å². The van der Waals surface area contributed by atoms with Crippen molar-refractivity contribution >= 4 is 12.4 Å². The summed E-state index contributed by atoms with van der Waals surface area (Å²) in [7, 11) is 0. The van der Waals surface area contributed by atoms with Crippen molar-refractivity contribution < 1.29 is 24.2 Å². The number of allylic oxidation sites excluding steroid dienone is 3. The number of ether oxygens (including phenoxy) is 2. The predicted octanol–water partition coefficient (Wildman–Crippen LogP) is 2.53. The molecule has 0 aromatic heterocycles. The zero-order valence-corrected chi connectivity index (χ0v) is 14.1. The number of aliphatic hydroxyl groups is 1. The monoisotopic (exact) mass is 334 g/mol. The number of esters is 1. The van der Waals surface area contributed by atoms with Crippen molar-refractivity contribution in [3.8, 4) is 0 Å². The molecule has 2 aliphatic carbocycles. The Bertz CT molecular complexity index is 538. The molecule has 0 unspecified atom stereocenters. The molecule has 24 heavy (non-hydrogen) atoms. The van der Waals surface area contributed by atoms with Crippen LogP contribution in [0.25, 0.3) is 0 Å². The summed E-state index contributed by atoms with van der Waals surface area (Å²) >= 11 is 0. The van der Waals surface area contributed by atoms with E-state index in [9.17, 15) is 14.7 Å². The second kappa shape index (κ2) is 7.51. The minimum absolute atomic E-state index is 0.0700. The number of fused-ring (bicyclic) bond motifs is 1. The van der Waals surface area contributed by atoms with Crippen molar-refractivity contribution in [2.24, 2.45) is 17.8 Å². The van der Waals surface area contributed by atoms with Crippen molar-refractivity contribution in [1.29, 1.82) is 0 Å². The Hall–Kier alpha value is -1.62. The Balaban J connectivity index is 1.69. The van der Waals surface area contributed by atoms with Crippen LogP contribution in [0, 0.1) is 17.8 Å². The van der Waals surface area contributed by atoms with Crippen LogP contribution in [0.15, 0.2) is 23.8 Å². The molecule has 5 nitrogen and oxygen atoms in total. The van der Waals surface area contributed by atoms with Gasteiger partial charge in [0.1, 0.15) is 12.2 Å². The van der Waals surface area contributed by atoms with Crippen LogP contribution in [0.1, 0.15) is 45.4 Å². The maximum absolute atomic E-state index is 11.5. The summed E-state index contributed by atoms with van der Waals surface area (Å²) in [5.41, 5.74) is 1.26. The fraction of sp³-hybridized carbons (Fsp3) is 0.684. The Kier molecular flexibility index (Phi) is 5.39. The number of hydrogen-bond acceptors (Lipinski definition) is 5. The van der Waals surface area contributed by atoms with Crippen molar-refractivity contribution in [3.63, 3.8) is 0 Å². The summed E-state index contributed by atoms with van der Waals surface area (Å²) in [4.78, 5) is 22.4. The van der Waals surface area contributed by atoms with E-state index in [1.807, 2.05) is 0 Å². The second-order valence-corrected chi connectivity index (χ2v) is 7.24. The molecular weight excluding hydrogens is 308 g/mol. The third-order valence-electron chi connectivity index (χ3n) is 5.63. The van der Waals surface area contributed by atoms with Crippen LogP contribution in [0.2, 0.25) is 0 Å². The highest BCUT2D eigenvalue weighted by Gasteiger charge is 2.39. The molecule has 1 fully saturated rings. The van der Waals surface area contributed by atoms with E-state index in [1.165, 1.54) is 5.57 Å². The third kappa shape index (κ3) is 3.72. The van der Waals surface area contributed by atoms with E-state index in [0.29, 0.717) is 24.7 Å². The molecule has 0 radical (unpaired) electrons. The van der Waals surface area contributed by atoms with Crippen molar-refractivity contribution in [1.82, 2.24) is 0 Å². The van der Waals surface area contributed by atoms with E-state index in [0.717, 1.165) is 25.7 Å². The molecular formula is C19H26O5. The summed E-state index contributed by atoms with van der Waals surface area (Å²) in [6.45, 7) is 2.75. The van der Waals surface area contributed by atoms with E-state index in [2.05, 4.69) is 25.2 Å². The minimum atomic E-state index is -0.587. The summed E-state index contributed by atoms with van der Waals surface area (Å²) in [6.07, 6.45) is 9.80. The van der Waals surface area contributed by atoms with Gasteiger partial charge in [0.05, 0.1) is 12.5 Å². The highest BCUT2D eigenvalue weighted by molar-refractivity contribution is 5.70.